The van der Waals surface area contributed by atoms with Crippen LogP contribution < -0.4 is 4.74 Å². The second-order valence-electron chi connectivity index (χ2n) is 5.81. The van der Waals surface area contributed by atoms with Crippen LogP contribution in [0.4, 0.5) is 4.39 Å². The highest BCUT2D eigenvalue weighted by atomic mass is 32.2. The first-order chi connectivity index (χ1) is 13.7. The van der Waals surface area contributed by atoms with Crippen LogP contribution in [0.1, 0.15) is 11.5 Å². The number of tetrazole rings is 1. The number of benzene rings is 2. The summed E-state index contributed by atoms with van der Waals surface area (Å²) in [5, 5.41) is 16.3. The summed E-state index contributed by atoms with van der Waals surface area (Å²) in [7, 11) is 1.59. The Morgan fingerprint density at radius 1 is 1.21 bits per heavy atom. The van der Waals surface area contributed by atoms with Gasteiger partial charge in [-0.15, -0.1) is 5.10 Å². The van der Waals surface area contributed by atoms with Gasteiger partial charge in [0, 0.05) is 5.56 Å². The Hall–Kier alpha value is -3.27. The maximum atomic E-state index is 13.7. The predicted octanol–water partition coefficient (Wildman–Crippen LogP) is 3.46. The van der Waals surface area contributed by atoms with Gasteiger partial charge >= 0.3 is 0 Å². The molecule has 0 fully saturated rings. The van der Waals surface area contributed by atoms with Crippen molar-refractivity contribution in [2.75, 3.05) is 7.11 Å². The zero-order chi connectivity index (χ0) is 19.5. The number of thioether (sulfide) groups is 1. The third kappa shape index (κ3) is 3.58. The van der Waals surface area contributed by atoms with Crippen molar-refractivity contribution in [3.63, 3.8) is 0 Å². The molecular weight excluding hydrogens is 383 g/mol. The minimum Gasteiger partial charge on any atom is -0.494 e. The Bertz CT molecular complexity index is 1110. The van der Waals surface area contributed by atoms with E-state index in [9.17, 15) is 4.39 Å². The van der Waals surface area contributed by atoms with Gasteiger partial charge in [0.05, 0.1) is 12.9 Å². The lowest BCUT2D eigenvalue weighted by atomic mass is 10.1. The van der Waals surface area contributed by atoms with Crippen molar-refractivity contribution in [2.24, 2.45) is 0 Å². The molecule has 0 saturated carbocycles. The molecule has 0 saturated heterocycles. The van der Waals surface area contributed by atoms with E-state index in [2.05, 4.69) is 25.7 Å². The van der Waals surface area contributed by atoms with Crippen molar-refractivity contribution in [2.45, 2.75) is 17.8 Å². The smallest absolute Gasteiger partial charge is 0.237 e. The summed E-state index contributed by atoms with van der Waals surface area (Å²) >= 11 is 1.34. The van der Waals surface area contributed by atoms with Crippen LogP contribution in [-0.2, 0) is 5.75 Å². The zero-order valence-corrected chi connectivity index (χ0v) is 15.9. The lowest BCUT2D eigenvalue weighted by molar-refractivity contribution is 0.391. The van der Waals surface area contributed by atoms with Gasteiger partial charge in [-0.25, -0.2) is 4.39 Å². The molecule has 0 N–H and O–H groups in total. The maximum Gasteiger partial charge on any atom is 0.237 e. The summed E-state index contributed by atoms with van der Waals surface area (Å²) in [6.07, 6.45) is 0. The Balaban J connectivity index is 1.51. The molecule has 0 aliphatic carbocycles. The number of aryl methyl sites for hydroxylation is 1. The Kier molecular flexibility index (Phi) is 5.02. The molecule has 2 aromatic heterocycles. The van der Waals surface area contributed by atoms with E-state index in [1.165, 1.54) is 17.8 Å². The minimum absolute atomic E-state index is 0.311. The van der Waals surface area contributed by atoms with Crippen molar-refractivity contribution in [1.82, 2.24) is 30.3 Å². The molecule has 4 aromatic rings. The zero-order valence-electron chi connectivity index (χ0n) is 15.0. The number of ether oxygens (including phenoxy) is 1. The van der Waals surface area contributed by atoms with Crippen LogP contribution in [0.5, 0.6) is 5.75 Å². The second kappa shape index (κ2) is 7.77. The number of rotatable bonds is 6. The summed E-state index contributed by atoms with van der Waals surface area (Å²) in [6.45, 7) is 1.70. The summed E-state index contributed by atoms with van der Waals surface area (Å²) < 4.78 is 26.0. The molecule has 0 aliphatic rings. The Morgan fingerprint density at radius 3 is 2.89 bits per heavy atom. The molecule has 8 nitrogen and oxygen atoms in total. The first kappa shape index (κ1) is 18.1. The fourth-order valence-corrected chi connectivity index (χ4v) is 3.24. The van der Waals surface area contributed by atoms with Crippen molar-refractivity contribution in [3.8, 4) is 22.8 Å². The van der Waals surface area contributed by atoms with Crippen molar-refractivity contribution >= 4 is 11.8 Å². The number of para-hydroxylation sites is 2. The van der Waals surface area contributed by atoms with Gasteiger partial charge in [0.25, 0.3) is 0 Å². The topological polar surface area (TPSA) is 91.8 Å². The highest BCUT2D eigenvalue weighted by Crippen LogP contribution is 2.27. The molecule has 142 valence electrons. The molecule has 0 atom stereocenters. The highest BCUT2D eigenvalue weighted by molar-refractivity contribution is 7.98. The van der Waals surface area contributed by atoms with E-state index in [1.807, 2.05) is 24.3 Å². The number of halogens is 1. The molecule has 2 heterocycles. The third-order valence-electron chi connectivity index (χ3n) is 3.98. The molecule has 0 bridgehead atoms. The quantitative estimate of drug-likeness (QED) is 0.456. The van der Waals surface area contributed by atoms with Crippen molar-refractivity contribution in [3.05, 3.63) is 59.7 Å². The molecule has 2 aromatic carbocycles. The summed E-state index contributed by atoms with van der Waals surface area (Å²) in [6, 6.07) is 12.2. The molecule has 4 rings (SSSR count). The van der Waals surface area contributed by atoms with Crippen molar-refractivity contribution in [1.29, 1.82) is 0 Å². The molecule has 0 radical (unpaired) electrons. The summed E-state index contributed by atoms with van der Waals surface area (Å²) in [5.41, 5.74) is 1.84. The lowest BCUT2D eigenvalue weighted by Crippen LogP contribution is -2.01. The van der Waals surface area contributed by atoms with E-state index in [4.69, 9.17) is 9.26 Å². The van der Waals surface area contributed by atoms with Crippen LogP contribution in [0.25, 0.3) is 17.1 Å². The number of aromatic nitrogens is 6. The molecule has 10 heteroatoms. The van der Waals surface area contributed by atoms with Gasteiger partial charge in [-0.3, -0.25) is 0 Å². The van der Waals surface area contributed by atoms with E-state index in [1.54, 1.807) is 30.8 Å². The largest absolute Gasteiger partial charge is 0.494 e. The average Bonchev–Trinajstić information content (AvgIpc) is 3.37. The fraction of sp³-hybridized carbons (Fsp3) is 0.167. The van der Waals surface area contributed by atoms with Gasteiger partial charge < -0.3 is 9.26 Å². The Labute approximate surface area is 163 Å². The highest BCUT2D eigenvalue weighted by Gasteiger charge is 2.16. The van der Waals surface area contributed by atoms with Gasteiger partial charge in [-0.05, 0) is 41.1 Å². The average molecular weight is 398 g/mol. The number of hydrogen-bond acceptors (Lipinski definition) is 8. The lowest BCUT2D eigenvalue weighted by Gasteiger charge is -2.08. The normalized spacial score (nSPS) is 11.0. The second-order valence-corrected chi connectivity index (χ2v) is 6.75. The third-order valence-corrected chi connectivity index (χ3v) is 4.88. The van der Waals surface area contributed by atoms with E-state index in [0.29, 0.717) is 39.5 Å². The van der Waals surface area contributed by atoms with E-state index in [-0.39, 0.29) is 5.82 Å². The van der Waals surface area contributed by atoms with Gasteiger partial charge in [0.15, 0.2) is 0 Å². The number of nitrogens with zero attached hydrogens (tertiary/aromatic N) is 6. The molecule has 28 heavy (non-hydrogen) atoms. The minimum atomic E-state index is -0.311. The fourth-order valence-electron chi connectivity index (χ4n) is 2.51. The van der Waals surface area contributed by atoms with Crippen molar-refractivity contribution < 1.29 is 13.7 Å². The first-order valence-electron chi connectivity index (χ1n) is 8.29. The standard InChI is InChI=1S/C18H15FN6O2S/c1-11-7-8-12(9-13(11)19)17-20-16(27-22-17)10-28-18-21-23-24-25(18)14-5-3-4-6-15(14)26-2/h3-9H,10H2,1-2H3. The van der Waals surface area contributed by atoms with Crippen LogP contribution in [0, 0.1) is 12.7 Å². The predicted molar refractivity (Wildman–Crippen MR) is 99.7 cm³/mol. The molecule has 0 unspecified atom stereocenters. The summed E-state index contributed by atoms with van der Waals surface area (Å²) in [4.78, 5) is 4.32. The van der Waals surface area contributed by atoms with Crippen LogP contribution in [0.3, 0.4) is 0 Å². The Morgan fingerprint density at radius 2 is 2.07 bits per heavy atom. The summed E-state index contributed by atoms with van der Waals surface area (Å²) in [5.74, 6) is 1.42. The van der Waals surface area contributed by atoms with Crippen LogP contribution >= 0.6 is 11.8 Å². The number of hydrogen-bond donors (Lipinski definition) is 0. The van der Waals surface area contributed by atoms with E-state index in [0.717, 1.165) is 5.69 Å². The van der Waals surface area contributed by atoms with Gasteiger partial charge in [-0.2, -0.15) is 9.67 Å². The van der Waals surface area contributed by atoms with Crippen LogP contribution in [0.15, 0.2) is 52.1 Å². The molecule has 0 amide bonds. The molecule has 0 spiro atoms. The first-order valence-corrected chi connectivity index (χ1v) is 9.28. The van der Waals surface area contributed by atoms with E-state index >= 15 is 0 Å². The monoisotopic (exact) mass is 398 g/mol. The van der Waals surface area contributed by atoms with Gasteiger partial charge in [0.2, 0.25) is 16.9 Å². The van der Waals surface area contributed by atoms with E-state index < -0.39 is 0 Å². The number of methoxy groups -OCH3 is 1. The molecular formula is C18H15FN6O2S. The van der Waals surface area contributed by atoms with Crippen LogP contribution in [-0.4, -0.2) is 37.5 Å². The van der Waals surface area contributed by atoms with Gasteiger partial charge in [0.1, 0.15) is 17.3 Å². The van der Waals surface area contributed by atoms with Crippen LogP contribution in [0.2, 0.25) is 0 Å². The maximum absolute atomic E-state index is 13.7. The van der Waals surface area contributed by atoms with Gasteiger partial charge in [-0.1, -0.05) is 41.2 Å². The molecule has 0 aliphatic heterocycles. The SMILES string of the molecule is COc1ccccc1-n1nnnc1SCc1nc(-c2ccc(C)c(F)c2)no1.